The van der Waals surface area contributed by atoms with Crippen LogP contribution in [0.4, 0.5) is 0 Å². The van der Waals surface area contributed by atoms with Crippen LogP contribution in [-0.2, 0) is 28.5 Å². The van der Waals surface area contributed by atoms with E-state index >= 15 is 0 Å². The molecule has 1 aliphatic heterocycles. The van der Waals surface area contributed by atoms with Crippen molar-refractivity contribution in [3.05, 3.63) is 48.6 Å². The summed E-state index contributed by atoms with van der Waals surface area (Å²) in [7, 11) is 0. The third-order valence-corrected chi connectivity index (χ3v) is 9.19. The molecule has 0 aromatic heterocycles. The quantitative estimate of drug-likeness (QED) is 0.0294. The highest BCUT2D eigenvalue weighted by molar-refractivity contribution is 5.70. The standard InChI is InChI=1S/C43H74O10/c1-3-5-7-9-11-13-15-17-19-21-23-25-27-29-31-38(45)50-34-36(35-51-43-42(49)41(48)40(47)37(33-44)53-43)52-39(46)32-30-28-26-24-22-20-18-16-14-12-10-8-6-4-2/h9-12,15-18,36-37,40-44,47-49H,3-8,13-14,19-35H2,1-2H3/b11-9+,12-10+,17-15+,18-16+/t36-,37-,40+,41?,42?,43-/m0/s1. The minimum absolute atomic E-state index is 0.209. The highest BCUT2D eigenvalue weighted by Gasteiger charge is 2.44. The number of aliphatic hydroxyl groups excluding tert-OH is 4. The van der Waals surface area contributed by atoms with Gasteiger partial charge in [-0.3, -0.25) is 9.59 Å². The van der Waals surface area contributed by atoms with E-state index in [-0.39, 0.29) is 26.1 Å². The maximum Gasteiger partial charge on any atom is 0.306 e. The summed E-state index contributed by atoms with van der Waals surface area (Å²) in [5, 5.41) is 40.0. The number of carbonyl (C=O) groups excluding carboxylic acids is 2. The Morgan fingerprint density at radius 3 is 1.57 bits per heavy atom. The number of aliphatic hydroxyl groups is 4. The summed E-state index contributed by atoms with van der Waals surface area (Å²) in [4.78, 5) is 25.2. The number of hydrogen-bond acceptors (Lipinski definition) is 10. The molecule has 0 amide bonds. The molecule has 1 heterocycles. The lowest BCUT2D eigenvalue weighted by Crippen LogP contribution is -2.59. The van der Waals surface area contributed by atoms with E-state index in [1.165, 1.54) is 25.7 Å². The highest BCUT2D eigenvalue weighted by Crippen LogP contribution is 2.22. The number of rotatable bonds is 33. The average Bonchev–Trinajstić information content (AvgIpc) is 3.15. The van der Waals surface area contributed by atoms with Gasteiger partial charge in [0.2, 0.25) is 0 Å². The monoisotopic (exact) mass is 751 g/mol. The van der Waals surface area contributed by atoms with E-state index in [1.54, 1.807) is 0 Å². The number of carbonyl (C=O) groups is 2. The molecule has 1 rings (SSSR count). The topological polar surface area (TPSA) is 152 Å². The lowest BCUT2D eigenvalue weighted by molar-refractivity contribution is -0.305. The zero-order chi connectivity index (χ0) is 38.8. The van der Waals surface area contributed by atoms with Gasteiger partial charge >= 0.3 is 11.9 Å². The maximum absolute atomic E-state index is 12.7. The Balaban J connectivity index is 2.40. The van der Waals surface area contributed by atoms with Crippen molar-refractivity contribution in [1.29, 1.82) is 0 Å². The number of hydrogen-bond donors (Lipinski definition) is 4. The normalized spacial score (nSPS) is 21.4. The Kier molecular flexibility index (Phi) is 31.4. The van der Waals surface area contributed by atoms with Crippen molar-refractivity contribution in [1.82, 2.24) is 0 Å². The van der Waals surface area contributed by atoms with E-state index in [9.17, 15) is 30.0 Å². The molecule has 0 spiro atoms. The molecular formula is C43H74O10. The first-order chi connectivity index (χ1) is 25.8. The van der Waals surface area contributed by atoms with Crippen molar-refractivity contribution in [2.24, 2.45) is 0 Å². The van der Waals surface area contributed by atoms with Crippen LogP contribution in [0.25, 0.3) is 0 Å². The van der Waals surface area contributed by atoms with E-state index in [4.69, 9.17) is 18.9 Å². The SMILES string of the molecule is CCCC/C=C/C/C=C/CCCCCCCC(=O)OC[C@@H](CO[C@H]1O[C@@H](CO)[C@@H](O)C(O)C1O)OC(=O)CCCCCCC/C=C/C/C=C/CCCC. The van der Waals surface area contributed by atoms with Crippen LogP contribution in [0.2, 0.25) is 0 Å². The van der Waals surface area contributed by atoms with Crippen molar-refractivity contribution < 1.29 is 49.0 Å². The van der Waals surface area contributed by atoms with Crippen molar-refractivity contribution in [3.8, 4) is 0 Å². The van der Waals surface area contributed by atoms with Gasteiger partial charge in [-0.1, -0.05) is 127 Å². The molecule has 2 unspecified atom stereocenters. The second-order valence-electron chi connectivity index (χ2n) is 14.1. The van der Waals surface area contributed by atoms with E-state index in [0.717, 1.165) is 89.9 Å². The van der Waals surface area contributed by atoms with Gasteiger partial charge in [0.1, 0.15) is 31.0 Å². The Morgan fingerprint density at radius 1 is 0.585 bits per heavy atom. The Morgan fingerprint density at radius 2 is 1.06 bits per heavy atom. The van der Waals surface area contributed by atoms with Gasteiger partial charge in [-0.15, -0.1) is 0 Å². The summed E-state index contributed by atoms with van der Waals surface area (Å²) in [5.41, 5.74) is 0. The lowest BCUT2D eigenvalue weighted by Gasteiger charge is -2.39. The highest BCUT2D eigenvalue weighted by atomic mass is 16.7. The third kappa shape index (κ3) is 26.2. The van der Waals surface area contributed by atoms with Crippen LogP contribution < -0.4 is 0 Å². The Labute approximate surface area is 320 Å². The second-order valence-corrected chi connectivity index (χ2v) is 14.1. The summed E-state index contributed by atoms with van der Waals surface area (Å²) in [6.07, 6.45) is 31.1. The predicted octanol–water partition coefficient (Wildman–Crippen LogP) is 8.10. The fourth-order valence-electron chi connectivity index (χ4n) is 5.81. The van der Waals surface area contributed by atoms with Gasteiger partial charge in [0, 0.05) is 12.8 Å². The summed E-state index contributed by atoms with van der Waals surface area (Å²) < 4.78 is 22.1. The molecule has 1 fully saturated rings. The third-order valence-electron chi connectivity index (χ3n) is 9.19. The Hall–Kier alpha value is -2.34. The molecule has 0 radical (unpaired) electrons. The lowest BCUT2D eigenvalue weighted by atomic mass is 9.99. The molecule has 1 aliphatic rings. The first-order valence-electron chi connectivity index (χ1n) is 20.7. The molecule has 306 valence electrons. The van der Waals surface area contributed by atoms with Gasteiger partial charge in [0.25, 0.3) is 0 Å². The molecule has 0 aromatic carbocycles. The zero-order valence-electron chi connectivity index (χ0n) is 33.0. The largest absolute Gasteiger partial charge is 0.462 e. The second kappa shape index (κ2) is 34.2. The van der Waals surface area contributed by atoms with Crippen molar-refractivity contribution in [2.45, 2.75) is 192 Å². The van der Waals surface area contributed by atoms with E-state index in [2.05, 4.69) is 62.5 Å². The van der Waals surface area contributed by atoms with E-state index in [0.29, 0.717) is 12.8 Å². The van der Waals surface area contributed by atoms with Crippen molar-refractivity contribution >= 4 is 11.9 Å². The molecule has 1 saturated heterocycles. The minimum atomic E-state index is -1.60. The van der Waals surface area contributed by atoms with Crippen molar-refractivity contribution in [3.63, 3.8) is 0 Å². The van der Waals surface area contributed by atoms with Gasteiger partial charge < -0.3 is 39.4 Å². The molecule has 53 heavy (non-hydrogen) atoms. The number of allylic oxidation sites excluding steroid dienone is 8. The van der Waals surface area contributed by atoms with Gasteiger partial charge in [-0.05, 0) is 64.2 Å². The Bertz CT molecular complexity index is 1010. The molecule has 0 bridgehead atoms. The van der Waals surface area contributed by atoms with Crippen LogP contribution in [0, 0.1) is 0 Å². The fourth-order valence-corrected chi connectivity index (χ4v) is 5.81. The molecule has 10 nitrogen and oxygen atoms in total. The van der Waals surface area contributed by atoms with Crippen LogP contribution >= 0.6 is 0 Å². The molecule has 0 saturated carbocycles. The van der Waals surface area contributed by atoms with Gasteiger partial charge in [0.15, 0.2) is 12.4 Å². The van der Waals surface area contributed by atoms with Gasteiger partial charge in [0.05, 0.1) is 13.2 Å². The molecule has 0 aromatic rings. The summed E-state index contributed by atoms with van der Waals surface area (Å²) in [6, 6.07) is 0. The first-order valence-corrected chi connectivity index (χ1v) is 20.7. The first kappa shape index (κ1) is 48.7. The fraction of sp³-hybridized carbons (Fsp3) is 0.767. The van der Waals surface area contributed by atoms with Gasteiger partial charge in [-0.2, -0.15) is 0 Å². The molecule has 4 N–H and O–H groups in total. The van der Waals surface area contributed by atoms with Gasteiger partial charge in [-0.25, -0.2) is 0 Å². The van der Waals surface area contributed by atoms with Crippen LogP contribution in [-0.4, -0.2) is 89.0 Å². The zero-order valence-corrected chi connectivity index (χ0v) is 33.0. The molecule has 0 aliphatic carbocycles. The summed E-state index contributed by atoms with van der Waals surface area (Å²) >= 11 is 0. The summed E-state index contributed by atoms with van der Waals surface area (Å²) in [5.74, 6) is -0.844. The number of esters is 2. The van der Waals surface area contributed by atoms with Crippen LogP contribution in [0.5, 0.6) is 0 Å². The smallest absolute Gasteiger partial charge is 0.306 e. The van der Waals surface area contributed by atoms with Crippen LogP contribution in [0.1, 0.15) is 155 Å². The van der Waals surface area contributed by atoms with E-state index < -0.39 is 55.4 Å². The minimum Gasteiger partial charge on any atom is -0.462 e. The number of unbranched alkanes of at least 4 members (excludes halogenated alkanes) is 14. The molecule has 6 atom stereocenters. The maximum atomic E-state index is 12.7. The average molecular weight is 751 g/mol. The predicted molar refractivity (Wildman–Crippen MR) is 210 cm³/mol. The van der Waals surface area contributed by atoms with E-state index in [1.807, 2.05) is 0 Å². The molecule has 10 heteroatoms. The van der Waals surface area contributed by atoms with Crippen LogP contribution in [0.3, 0.4) is 0 Å². The number of ether oxygens (including phenoxy) is 4. The van der Waals surface area contributed by atoms with Crippen LogP contribution in [0.15, 0.2) is 48.6 Å². The molecular weight excluding hydrogens is 676 g/mol. The summed E-state index contributed by atoms with van der Waals surface area (Å²) in [6.45, 7) is 3.29. The van der Waals surface area contributed by atoms with Crippen molar-refractivity contribution in [2.75, 3.05) is 19.8 Å².